The van der Waals surface area contributed by atoms with E-state index in [0.29, 0.717) is 5.56 Å². The van der Waals surface area contributed by atoms with Crippen LogP contribution in [0.25, 0.3) is 0 Å². The number of hydrogen-bond donors (Lipinski definition) is 3. The number of aliphatic hydroxyl groups excluding tert-OH is 2. The maximum absolute atomic E-state index is 14.6. The molecule has 0 aromatic heterocycles. The fraction of sp³-hybridized carbons (Fsp3) is 0.406. The minimum absolute atomic E-state index is 0.247. The lowest BCUT2D eigenvalue weighted by Gasteiger charge is -2.36. The number of halogens is 2. The van der Waals surface area contributed by atoms with Crippen molar-refractivity contribution in [1.29, 1.82) is 0 Å². The molecule has 2 aromatic rings. The number of alkyl halides is 2. The van der Waals surface area contributed by atoms with E-state index >= 15 is 0 Å². The third-order valence-electron chi connectivity index (χ3n) is 6.45. The van der Waals surface area contributed by atoms with E-state index in [2.05, 4.69) is 5.32 Å². The molecule has 0 radical (unpaired) electrons. The lowest BCUT2D eigenvalue weighted by Crippen LogP contribution is -2.55. The number of rotatable bonds is 8. The van der Waals surface area contributed by atoms with Crippen LogP contribution < -0.4 is 5.32 Å². The highest BCUT2D eigenvalue weighted by atomic mass is 19.1. The van der Waals surface area contributed by atoms with Crippen molar-refractivity contribution in [3.63, 3.8) is 0 Å². The minimum atomic E-state index is -1.77. The zero-order valence-corrected chi connectivity index (χ0v) is 24.3. The predicted molar refractivity (Wildman–Crippen MR) is 153 cm³/mol. The first-order valence-electron chi connectivity index (χ1n) is 13.7. The van der Waals surface area contributed by atoms with Crippen LogP contribution in [0.2, 0.25) is 0 Å². The van der Waals surface area contributed by atoms with Crippen LogP contribution in [0.4, 0.5) is 8.78 Å². The number of aliphatic hydroxyl groups is 2. The number of nitrogens with one attached hydrogen (secondary N) is 1. The van der Waals surface area contributed by atoms with Crippen molar-refractivity contribution >= 4 is 17.9 Å². The summed E-state index contributed by atoms with van der Waals surface area (Å²) in [6.45, 7) is 7.03. The van der Waals surface area contributed by atoms with Crippen molar-refractivity contribution in [3.05, 3.63) is 96.1 Å². The first kappa shape index (κ1) is 33.6. The van der Waals surface area contributed by atoms with Gasteiger partial charge >= 0.3 is 17.9 Å². The highest BCUT2D eigenvalue weighted by molar-refractivity contribution is 5.83. The molecule has 2 aliphatic heterocycles. The molecule has 1 unspecified atom stereocenters. The van der Waals surface area contributed by atoms with Crippen LogP contribution in [0.3, 0.4) is 0 Å². The van der Waals surface area contributed by atoms with E-state index in [-0.39, 0.29) is 11.1 Å². The second-order valence-corrected chi connectivity index (χ2v) is 11.1. The van der Waals surface area contributed by atoms with Gasteiger partial charge in [-0.05, 0) is 38.0 Å². The van der Waals surface area contributed by atoms with Crippen LogP contribution in [-0.4, -0.2) is 70.2 Å². The summed E-state index contributed by atoms with van der Waals surface area (Å²) in [6, 6.07) is 15.9. The third-order valence-corrected chi connectivity index (χ3v) is 6.45. The molecule has 2 aromatic carbocycles. The second-order valence-electron chi connectivity index (χ2n) is 11.1. The molecule has 0 bridgehead atoms. The van der Waals surface area contributed by atoms with Crippen molar-refractivity contribution < 1.29 is 47.6 Å². The van der Waals surface area contributed by atoms with Crippen LogP contribution >= 0.6 is 0 Å². The summed E-state index contributed by atoms with van der Waals surface area (Å²) in [5, 5.41) is 23.7. The van der Waals surface area contributed by atoms with Gasteiger partial charge in [-0.25, -0.2) is 18.4 Å². The number of carbonyl (C=O) groups is 3. The monoisotopic (exact) mass is 601 g/mol. The van der Waals surface area contributed by atoms with Crippen LogP contribution in [0.15, 0.2) is 85.0 Å². The molecule has 0 aliphatic carbocycles. The Morgan fingerprint density at radius 1 is 0.814 bits per heavy atom. The summed E-state index contributed by atoms with van der Waals surface area (Å²) >= 11 is 0. The first-order valence-corrected chi connectivity index (χ1v) is 13.7. The molecule has 0 amide bonds. The minimum Gasteiger partial charge on any atom is -0.454 e. The Labute approximate surface area is 249 Å². The molecule has 3 N–H and O–H groups in total. The summed E-state index contributed by atoms with van der Waals surface area (Å²) in [5.74, 6) is -1.91. The molecule has 9 nitrogen and oxygen atoms in total. The fourth-order valence-corrected chi connectivity index (χ4v) is 4.54. The van der Waals surface area contributed by atoms with Crippen molar-refractivity contribution in [2.75, 3.05) is 0 Å². The van der Waals surface area contributed by atoms with Gasteiger partial charge in [0, 0.05) is 24.6 Å². The van der Waals surface area contributed by atoms with Crippen molar-refractivity contribution in [2.45, 2.75) is 82.1 Å². The molecule has 4 rings (SSSR count). The topological polar surface area (TPSA) is 131 Å². The Bertz CT molecular complexity index is 1280. The number of cyclic esters (lactones) is 2. The average molecular weight is 602 g/mol. The number of carbonyl (C=O) groups excluding carboxylic acids is 3. The normalized spacial score (nSPS) is 24.4. The summed E-state index contributed by atoms with van der Waals surface area (Å²) < 4.78 is 43.9. The van der Waals surface area contributed by atoms with Gasteiger partial charge in [-0.15, -0.1) is 0 Å². The van der Waals surface area contributed by atoms with Crippen molar-refractivity contribution in [2.24, 2.45) is 0 Å². The molecule has 8 atom stereocenters. The van der Waals surface area contributed by atoms with Gasteiger partial charge in [0.05, 0.1) is 6.04 Å². The first-order chi connectivity index (χ1) is 20.3. The van der Waals surface area contributed by atoms with Gasteiger partial charge in [0.15, 0.2) is 24.6 Å². The summed E-state index contributed by atoms with van der Waals surface area (Å²) in [4.78, 5) is 33.8. The van der Waals surface area contributed by atoms with E-state index in [0.717, 1.165) is 6.08 Å². The van der Waals surface area contributed by atoms with Gasteiger partial charge in [-0.1, -0.05) is 66.7 Å². The molecular formula is C32H37F2NO8. The highest BCUT2D eigenvalue weighted by Crippen LogP contribution is 2.29. The quantitative estimate of drug-likeness (QED) is 0.306. The molecule has 0 spiro atoms. The number of esters is 3. The Hall–Kier alpha value is -3.93. The predicted octanol–water partition coefficient (Wildman–Crippen LogP) is 3.77. The molecule has 0 saturated carbocycles. The van der Waals surface area contributed by atoms with Crippen LogP contribution in [0, 0.1) is 0 Å². The summed E-state index contributed by atoms with van der Waals surface area (Å²) in [7, 11) is 0. The van der Waals surface area contributed by atoms with Gasteiger partial charge in [0.1, 0.15) is 18.3 Å². The van der Waals surface area contributed by atoms with E-state index in [9.17, 15) is 33.4 Å². The maximum Gasteiger partial charge on any atom is 0.331 e. The van der Waals surface area contributed by atoms with Crippen LogP contribution in [-0.2, 0) is 28.6 Å². The van der Waals surface area contributed by atoms with E-state index in [1.807, 2.05) is 20.8 Å². The Kier molecular flexibility index (Phi) is 11.7. The SMILES string of the molecule is CC(=O)O[C@H]1C=CC(=O)O[C@H]1[C@@H](O)[C@H](F)c1ccccc1.CC(C)(C)NC1C=CC(=O)O[C@H]1[C@@H](O)[C@H](F)c1ccccc1. The van der Waals surface area contributed by atoms with E-state index in [4.69, 9.17) is 14.2 Å². The Morgan fingerprint density at radius 3 is 1.72 bits per heavy atom. The standard InChI is InChI=1S/C17H22FNO3.C15H15FO5/c1-17(2,3)19-12-9-10-13(20)22-16(12)15(21)14(18)11-7-5-4-6-8-11;1-9(17)20-11-7-8-12(18)21-15(11)14(19)13(16)10-5-3-2-4-6-10/h4-10,12,14-16,19,21H,1-3H3;2-8,11,13-15,19H,1H3/t12?,14-,15+,16-;11-,13+,14-,15+/m10/s1. The average Bonchev–Trinajstić information content (AvgIpc) is 2.98. The van der Waals surface area contributed by atoms with Gasteiger partial charge in [-0.2, -0.15) is 0 Å². The zero-order valence-electron chi connectivity index (χ0n) is 24.3. The molecule has 2 aliphatic rings. The zero-order chi connectivity index (χ0) is 31.7. The lowest BCUT2D eigenvalue weighted by atomic mass is 9.93. The molecular weight excluding hydrogens is 564 g/mol. The van der Waals surface area contributed by atoms with Crippen molar-refractivity contribution in [3.8, 4) is 0 Å². The summed E-state index contributed by atoms with van der Waals surface area (Å²) in [6.07, 6.45) is -4.52. The van der Waals surface area contributed by atoms with Gasteiger partial charge in [0.2, 0.25) is 0 Å². The number of benzene rings is 2. The largest absolute Gasteiger partial charge is 0.454 e. The van der Waals surface area contributed by atoms with Gasteiger partial charge in [0.25, 0.3) is 0 Å². The van der Waals surface area contributed by atoms with Crippen molar-refractivity contribution in [1.82, 2.24) is 5.32 Å². The van der Waals surface area contributed by atoms with E-state index < -0.39 is 66.8 Å². The number of hydrogen-bond acceptors (Lipinski definition) is 9. The maximum atomic E-state index is 14.6. The Balaban J connectivity index is 0.000000236. The smallest absolute Gasteiger partial charge is 0.331 e. The Morgan fingerprint density at radius 2 is 1.26 bits per heavy atom. The number of ether oxygens (including phenoxy) is 3. The van der Waals surface area contributed by atoms with E-state index in [1.165, 1.54) is 31.2 Å². The molecule has 43 heavy (non-hydrogen) atoms. The van der Waals surface area contributed by atoms with Gasteiger partial charge < -0.3 is 29.7 Å². The second kappa shape index (κ2) is 15.0. The van der Waals surface area contributed by atoms with E-state index in [1.54, 1.807) is 54.6 Å². The molecule has 0 saturated heterocycles. The highest BCUT2D eigenvalue weighted by Gasteiger charge is 2.41. The molecule has 232 valence electrons. The molecule has 2 heterocycles. The van der Waals surface area contributed by atoms with Crippen LogP contribution in [0.1, 0.15) is 51.2 Å². The van der Waals surface area contributed by atoms with Crippen LogP contribution in [0.5, 0.6) is 0 Å². The third kappa shape index (κ3) is 9.81. The molecule has 0 fully saturated rings. The lowest BCUT2D eigenvalue weighted by molar-refractivity contribution is -0.174. The molecule has 11 heteroatoms. The van der Waals surface area contributed by atoms with Gasteiger partial charge in [-0.3, -0.25) is 4.79 Å². The summed E-state index contributed by atoms with van der Waals surface area (Å²) in [5.41, 5.74) is 0.335. The fourth-order valence-electron chi connectivity index (χ4n) is 4.54.